The van der Waals surface area contributed by atoms with Gasteiger partial charge in [0.25, 0.3) is 0 Å². The van der Waals surface area contributed by atoms with E-state index < -0.39 is 0 Å². The first kappa shape index (κ1) is 17.6. The highest BCUT2D eigenvalue weighted by Crippen LogP contribution is 2.19. The number of amides is 2. The summed E-state index contributed by atoms with van der Waals surface area (Å²) in [5.74, 6) is -0.133. The molecule has 23 heavy (non-hydrogen) atoms. The van der Waals surface area contributed by atoms with Crippen molar-refractivity contribution in [3.05, 3.63) is 29.3 Å². The predicted octanol–water partition coefficient (Wildman–Crippen LogP) is 0.714. The second-order valence-electron chi connectivity index (χ2n) is 5.47. The van der Waals surface area contributed by atoms with Gasteiger partial charge in [-0.25, -0.2) is 0 Å². The van der Waals surface area contributed by atoms with Crippen molar-refractivity contribution in [2.45, 2.75) is 6.42 Å². The van der Waals surface area contributed by atoms with E-state index in [4.69, 9.17) is 11.6 Å². The molecular weight excluding hydrogens is 316 g/mol. The molecule has 2 amide bonds. The fourth-order valence-corrected chi connectivity index (χ4v) is 2.60. The summed E-state index contributed by atoms with van der Waals surface area (Å²) in [6.07, 6.45) is 0.383. The molecule has 0 atom stereocenters. The van der Waals surface area contributed by atoms with Crippen molar-refractivity contribution in [1.29, 1.82) is 0 Å². The molecule has 1 aliphatic rings. The number of nitrogens with one attached hydrogen (secondary N) is 2. The van der Waals surface area contributed by atoms with E-state index in [1.807, 2.05) is 24.3 Å². The normalized spacial score (nSPS) is 14.7. The molecule has 0 saturated carbocycles. The lowest BCUT2D eigenvalue weighted by Crippen LogP contribution is -2.51. The molecule has 0 radical (unpaired) electrons. The number of halogens is 1. The molecule has 1 aromatic carbocycles. The van der Waals surface area contributed by atoms with Gasteiger partial charge >= 0.3 is 0 Å². The number of rotatable bonds is 6. The van der Waals surface area contributed by atoms with Gasteiger partial charge in [0.15, 0.2) is 0 Å². The molecule has 1 heterocycles. The Morgan fingerprint density at radius 1 is 1.13 bits per heavy atom. The number of benzene rings is 1. The molecule has 0 spiro atoms. The van der Waals surface area contributed by atoms with Crippen molar-refractivity contribution < 1.29 is 9.59 Å². The van der Waals surface area contributed by atoms with Crippen molar-refractivity contribution >= 4 is 29.1 Å². The molecule has 1 saturated heterocycles. The van der Waals surface area contributed by atoms with Gasteiger partial charge in [-0.3, -0.25) is 9.59 Å². The van der Waals surface area contributed by atoms with Crippen LogP contribution in [0.4, 0.5) is 5.69 Å². The first-order valence-electron chi connectivity index (χ1n) is 7.79. The van der Waals surface area contributed by atoms with Gasteiger partial charge in [0, 0.05) is 49.9 Å². The van der Waals surface area contributed by atoms with Crippen molar-refractivity contribution in [3.63, 3.8) is 0 Å². The Bertz CT molecular complexity index is 527. The number of carbonyl (C=O) groups is 2. The summed E-state index contributed by atoms with van der Waals surface area (Å²) in [4.78, 5) is 27.7. The second-order valence-corrected chi connectivity index (χ2v) is 5.91. The van der Waals surface area contributed by atoms with Gasteiger partial charge in [0.2, 0.25) is 11.8 Å². The van der Waals surface area contributed by atoms with Gasteiger partial charge in [-0.05, 0) is 31.3 Å². The highest BCUT2D eigenvalue weighted by Gasteiger charge is 2.21. The van der Waals surface area contributed by atoms with Crippen LogP contribution >= 0.6 is 11.6 Å². The van der Waals surface area contributed by atoms with E-state index in [2.05, 4.69) is 15.5 Å². The number of piperazine rings is 1. The number of carbonyl (C=O) groups excluding carboxylic acids is 2. The van der Waals surface area contributed by atoms with E-state index in [-0.39, 0.29) is 18.4 Å². The van der Waals surface area contributed by atoms with Gasteiger partial charge in [0.05, 0.1) is 6.54 Å². The summed E-state index contributed by atoms with van der Waals surface area (Å²) in [5, 5.41) is 6.29. The number of hydrogen-bond donors (Lipinski definition) is 2. The summed E-state index contributed by atoms with van der Waals surface area (Å²) in [5.41, 5.74) is 1.11. The molecule has 1 fully saturated rings. The number of nitrogens with zero attached hydrogens (tertiary/aromatic N) is 2. The first-order chi connectivity index (χ1) is 11.1. The molecule has 0 bridgehead atoms. The lowest BCUT2D eigenvalue weighted by Gasteiger charge is -2.36. The molecule has 1 aliphatic heterocycles. The Labute approximate surface area is 141 Å². The van der Waals surface area contributed by atoms with Gasteiger partial charge in [-0.15, -0.1) is 0 Å². The van der Waals surface area contributed by atoms with E-state index >= 15 is 0 Å². The molecule has 0 unspecified atom stereocenters. The van der Waals surface area contributed by atoms with Crippen LogP contribution in [-0.2, 0) is 9.59 Å². The van der Waals surface area contributed by atoms with Crippen molar-refractivity contribution in [1.82, 2.24) is 15.5 Å². The van der Waals surface area contributed by atoms with E-state index in [9.17, 15) is 9.59 Å². The van der Waals surface area contributed by atoms with Crippen LogP contribution in [0, 0.1) is 0 Å². The molecule has 7 heteroatoms. The maximum absolute atomic E-state index is 12.1. The predicted molar refractivity (Wildman–Crippen MR) is 91.8 cm³/mol. The zero-order chi connectivity index (χ0) is 16.7. The highest BCUT2D eigenvalue weighted by molar-refractivity contribution is 6.30. The lowest BCUT2D eigenvalue weighted by atomic mass is 10.2. The average molecular weight is 339 g/mol. The largest absolute Gasteiger partial charge is 0.368 e. The van der Waals surface area contributed by atoms with Crippen molar-refractivity contribution in [2.75, 3.05) is 51.2 Å². The Morgan fingerprint density at radius 2 is 1.78 bits per heavy atom. The third-order valence-corrected chi connectivity index (χ3v) is 4.11. The Balaban J connectivity index is 1.74. The van der Waals surface area contributed by atoms with Crippen molar-refractivity contribution in [2.24, 2.45) is 0 Å². The second kappa shape index (κ2) is 8.74. The summed E-state index contributed by atoms with van der Waals surface area (Å²) in [7, 11) is 1.79. The molecule has 2 N–H and O–H groups in total. The number of hydrogen-bond acceptors (Lipinski definition) is 4. The van der Waals surface area contributed by atoms with Crippen LogP contribution < -0.4 is 15.5 Å². The van der Waals surface area contributed by atoms with E-state index in [0.29, 0.717) is 26.1 Å². The molecule has 2 rings (SSSR count). The monoisotopic (exact) mass is 338 g/mol. The fourth-order valence-electron chi connectivity index (χ4n) is 2.48. The minimum Gasteiger partial charge on any atom is -0.368 e. The Morgan fingerprint density at radius 3 is 2.39 bits per heavy atom. The van der Waals surface area contributed by atoms with Crippen LogP contribution in [0.1, 0.15) is 6.42 Å². The van der Waals surface area contributed by atoms with E-state index in [0.717, 1.165) is 23.8 Å². The lowest BCUT2D eigenvalue weighted by molar-refractivity contribution is -0.133. The zero-order valence-corrected chi connectivity index (χ0v) is 14.1. The summed E-state index contributed by atoms with van der Waals surface area (Å²) in [6.45, 7) is 3.56. The minimum absolute atomic E-state index is 0.0291. The molecule has 1 aromatic rings. The zero-order valence-electron chi connectivity index (χ0n) is 13.3. The molecule has 0 aliphatic carbocycles. The van der Waals surface area contributed by atoms with E-state index in [1.165, 1.54) is 0 Å². The standard InChI is InChI=1S/C16H23ClN4O2/c1-18-7-6-15(22)19-12-16(23)21-10-8-20(9-11-21)14-4-2-13(17)3-5-14/h2-5,18H,6-12H2,1H3,(H,19,22). The summed E-state index contributed by atoms with van der Waals surface area (Å²) >= 11 is 5.90. The third kappa shape index (κ3) is 5.41. The molecule has 126 valence electrons. The maximum atomic E-state index is 12.1. The smallest absolute Gasteiger partial charge is 0.242 e. The molecule has 0 aromatic heterocycles. The Hall–Kier alpha value is -1.79. The fraction of sp³-hybridized carbons (Fsp3) is 0.500. The van der Waals surface area contributed by atoms with Crippen molar-refractivity contribution in [3.8, 4) is 0 Å². The van der Waals surface area contributed by atoms with Gasteiger partial charge in [0.1, 0.15) is 0 Å². The maximum Gasteiger partial charge on any atom is 0.242 e. The SMILES string of the molecule is CNCCC(=O)NCC(=O)N1CCN(c2ccc(Cl)cc2)CC1. The van der Waals surface area contributed by atoms with Crippen LogP contribution in [-0.4, -0.2) is 63.0 Å². The topological polar surface area (TPSA) is 64.7 Å². The molecule has 6 nitrogen and oxygen atoms in total. The van der Waals surface area contributed by atoms with Gasteiger partial charge < -0.3 is 20.4 Å². The number of anilines is 1. The van der Waals surface area contributed by atoms with Crippen LogP contribution in [0.2, 0.25) is 5.02 Å². The minimum atomic E-state index is -0.104. The van der Waals surface area contributed by atoms with Crippen LogP contribution in [0.5, 0.6) is 0 Å². The first-order valence-corrected chi connectivity index (χ1v) is 8.17. The van der Waals surface area contributed by atoms with Crippen LogP contribution in [0.3, 0.4) is 0 Å². The average Bonchev–Trinajstić information content (AvgIpc) is 2.58. The van der Waals surface area contributed by atoms with Crippen LogP contribution in [0.25, 0.3) is 0 Å². The van der Waals surface area contributed by atoms with Crippen LogP contribution in [0.15, 0.2) is 24.3 Å². The van der Waals surface area contributed by atoms with E-state index in [1.54, 1.807) is 11.9 Å². The highest BCUT2D eigenvalue weighted by atomic mass is 35.5. The Kier molecular flexibility index (Phi) is 6.67. The third-order valence-electron chi connectivity index (χ3n) is 3.86. The van der Waals surface area contributed by atoms with Gasteiger partial charge in [-0.2, -0.15) is 0 Å². The quantitative estimate of drug-likeness (QED) is 0.802. The summed E-state index contributed by atoms with van der Waals surface area (Å²) in [6, 6.07) is 7.72. The molecular formula is C16H23ClN4O2. The van der Waals surface area contributed by atoms with Gasteiger partial charge in [-0.1, -0.05) is 11.6 Å². The summed E-state index contributed by atoms with van der Waals surface area (Å²) < 4.78 is 0.